The lowest BCUT2D eigenvalue weighted by Crippen LogP contribution is -2.45. The van der Waals surface area contributed by atoms with Crippen molar-refractivity contribution in [2.45, 2.75) is 38.0 Å². The molecule has 1 heterocycles. The Morgan fingerprint density at radius 1 is 1.00 bits per heavy atom. The molecule has 7 heteroatoms. The van der Waals surface area contributed by atoms with Crippen LogP contribution in [0.25, 0.3) is 0 Å². The van der Waals surface area contributed by atoms with Gasteiger partial charge in [0, 0.05) is 13.1 Å². The Morgan fingerprint density at radius 3 is 2.24 bits per heavy atom. The second-order valence-electron chi connectivity index (χ2n) is 7.44. The molecule has 0 aliphatic carbocycles. The maximum Gasteiger partial charge on any atom is 0.264 e. The van der Waals surface area contributed by atoms with Crippen molar-refractivity contribution in [2.75, 3.05) is 31.0 Å². The fourth-order valence-corrected chi connectivity index (χ4v) is 4.91. The number of aryl methyl sites for hydroxylation is 2. The highest BCUT2D eigenvalue weighted by Gasteiger charge is 2.31. The Labute approximate surface area is 173 Å². The smallest absolute Gasteiger partial charge is 0.264 e. The van der Waals surface area contributed by atoms with Crippen molar-refractivity contribution < 1.29 is 17.9 Å². The average molecular weight is 417 g/mol. The minimum atomic E-state index is -3.95. The second-order valence-corrected chi connectivity index (χ2v) is 9.30. The molecule has 3 rings (SSSR count). The zero-order valence-corrected chi connectivity index (χ0v) is 18.0. The summed E-state index contributed by atoms with van der Waals surface area (Å²) in [5.74, 6) is 0.224. The first-order chi connectivity index (χ1) is 13.8. The number of carbonyl (C=O) groups is 1. The number of carbonyl (C=O) groups excluding carboxylic acids is 1. The van der Waals surface area contributed by atoms with Crippen LogP contribution in [0, 0.1) is 13.8 Å². The highest BCUT2D eigenvalue weighted by molar-refractivity contribution is 7.92. The predicted octanol–water partition coefficient (Wildman–Crippen LogP) is 3.52. The molecule has 0 unspecified atom stereocenters. The monoisotopic (exact) mass is 416 g/mol. The largest absolute Gasteiger partial charge is 0.495 e. The number of anilines is 1. The number of hydrogen-bond donors (Lipinski definition) is 0. The minimum Gasteiger partial charge on any atom is -0.495 e. The molecule has 29 heavy (non-hydrogen) atoms. The lowest BCUT2D eigenvalue weighted by molar-refractivity contribution is -0.130. The summed E-state index contributed by atoms with van der Waals surface area (Å²) < 4.78 is 33.7. The molecule has 0 N–H and O–H groups in total. The minimum absolute atomic E-state index is 0.151. The van der Waals surface area contributed by atoms with E-state index in [9.17, 15) is 13.2 Å². The highest BCUT2D eigenvalue weighted by atomic mass is 32.2. The van der Waals surface area contributed by atoms with Gasteiger partial charge in [0.15, 0.2) is 0 Å². The molecule has 1 saturated heterocycles. The number of amides is 1. The van der Waals surface area contributed by atoms with Crippen molar-refractivity contribution in [3.8, 4) is 5.75 Å². The summed E-state index contributed by atoms with van der Waals surface area (Å²) in [6.45, 7) is 4.87. The maximum absolute atomic E-state index is 13.5. The molecule has 0 aromatic heterocycles. The zero-order chi connectivity index (χ0) is 21.0. The average Bonchev–Trinajstić information content (AvgIpc) is 2.72. The van der Waals surface area contributed by atoms with Gasteiger partial charge in [0.2, 0.25) is 5.91 Å². The molecule has 1 aliphatic heterocycles. The lowest BCUT2D eigenvalue weighted by Gasteiger charge is -2.31. The van der Waals surface area contributed by atoms with Gasteiger partial charge in [-0.15, -0.1) is 0 Å². The van der Waals surface area contributed by atoms with E-state index in [0.29, 0.717) is 24.5 Å². The predicted molar refractivity (Wildman–Crippen MR) is 114 cm³/mol. The molecule has 0 atom stereocenters. The molecule has 2 aromatic carbocycles. The van der Waals surface area contributed by atoms with Crippen LogP contribution in [0.1, 0.15) is 30.4 Å². The fraction of sp³-hybridized carbons (Fsp3) is 0.409. The van der Waals surface area contributed by atoms with Crippen molar-refractivity contribution in [2.24, 2.45) is 0 Å². The Morgan fingerprint density at radius 2 is 1.62 bits per heavy atom. The van der Waals surface area contributed by atoms with Crippen LogP contribution in [0.4, 0.5) is 5.69 Å². The van der Waals surface area contributed by atoms with Crippen LogP contribution >= 0.6 is 0 Å². The first-order valence-corrected chi connectivity index (χ1v) is 11.3. The number of piperidine rings is 1. The third kappa shape index (κ3) is 4.72. The van der Waals surface area contributed by atoms with E-state index in [2.05, 4.69) is 0 Å². The normalized spacial score (nSPS) is 14.5. The zero-order valence-electron chi connectivity index (χ0n) is 17.2. The summed E-state index contributed by atoms with van der Waals surface area (Å²) >= 11 is 0. The van der Waals surface area contributed by atoms with E-state index in [1.165, 1.54) is 11.4 Å². The van der Waals surface area contributed by atoms with Crippen LogP contribution in [-0.4, -0.2) is 46.0 Å². The van der Waals surface area contributed by atoms with Crippen LogP contribution in [0.3, 0.4) is 0 Å². The van der Waals surface area contributed by atoms with Crippen LogP contribution in [0.2, 0.25) is 0 Å². The standard InChI is InChI=1S/C22H28N2O4S/c1-17-7-10-19(11-8-17)29(26,27)24(16-22(25)23-13-5-4-6-14-23)20-15-18(2)9-12-21(20)28-3/h7-12,15H,4-6,13-14,16H2,1-3H3. The quantitative estimate of drug-likeness (QED) is 0.723. The van der Waals surface area contributed by atoms with Crippen molar-refractivity contribution in [1.29, 1.82) is 0 Å². The number of hydrogen-bond acceptors (Lipinski definition) is 4. The summed E-state index contributed by atoms with van der Waals surface area (Å²) in [6.07, 6.45) is 3.00. The van der Waals surface area contributed by atoms with Gasteiger partial charge in [-0.3, -0.25) is 9.10 Å². The molecule has 1 amide bonds. The van der Waals surface area contributed by atoms with Crippen molar-refractivity contribution >= 4 is 21.6 Å². The molecular weight excluding hydrogens is 388 g/mol. The molecule has 0 spiro atoms. The topological polar surface area (TPSA) is 66.9 Å². The molecule has 0 saturated carbocycles. The molecule has 2 aromatic rings. The fourth-order valence-electron chi connectivity index (χ4n) is 3.50. The molecule has 6 nitrogen and oxygen atoms in total. The second kappa shape index (κ2) is 8.86. The number of ether oxygens (including phenoxy) is 1. The number of likely N-dealkylation sites (tertiary alicyclic amines) is 1. The number of sulfonamides is 1. The van der Waals surface area contributed by atoms with Crippen molar-refractivity contribution in [3.05, 3.63) is 53.6 Å². The van der Waals surface area contributed by atoms with Gasteiger partial charge in [0.05, 0.1) is 17.7 Å². The van der Waals surface area contributed by atoms with E-state index >= 15 is 0 Å². The van der Waals surface area contributed by atoms with E-state index < -0.39 is 10.0 Å². The van der Waals surface area contributed by atoms with Gasteiger partial charge in [-0.2, -0.15) is 0 Å². The SMILES string of the molecule is COc1ccc(C)cc1N(CC(=O)N1CCCCC1)S(=O)(=O)c1ccc(C)cc1. The van der Waals surface area contributed by atoms with Gasteiger partial charge in [0.1, 0.15) is 12.3 Å². The third-order valence-corrected chi connectivity index (χ3v) is 6.97. The van der Waals surface area contributed by atoms with Crippen molar-refractivity contribution in [3.63, 3.8) is 0 Å². The van der Waals surface area contributed by atoms with Crippen LogP contribution in [0.5, 0.6) is 5.75 Å². The van der Waals surface area contributed by atoms with Gasteiger partial charge in [0.25, 0.3) is 10.0 Å². The number of nitrogens with zero attached hydrogens (tertiary/aromatic N) is 2. The summed E-state index contributed by atoms with van der Waals surface area (Å²) in [7, 11) is -2.45. The van der Waals surface area contributed by atoms with E-state index in [4.69, 9.17) is 4.74 Å². The van der Waals surface area contributed by atoms with Crippen LogP contribution in [0.15, 0.2) is 47.4 Å². The summed E-state index contributed by atoms with van der Waals surface area (Å²) in [6, 6.07) is 12.0. The van der Waals surface area contributed by atoms with Crippen molar-refractivity contribution in [1.82, 2.24) is 4.90 Å². The number of benzene rings is 2. The third-order valence-electron chi connectivity index (χ3n) is 5.20. The summed E-state index contributed by atoms with van der Waals surface area (Å²) in [5.41, 5.74) is 2.22. The molecule has 0 bridgehead atoms. The van der Waals surface area contributed by atoms with E-state index in [1.54, 1.807) is 41.3 Å². The number of rotatable bonds is 6. The summed E-state index contributed by atoms with van der Waals surface area (Å²) in [5, 5.41) is 0. The Balaban J connectivity index is 2.05. The van der Waals surface area contributed by atoms with Gasteiger partial charge in [-0.1, -0.05) is 23.8 Å². The van der Waals surface area contributed by atoms with Gasteiger partial charge in [-0.05, 0) is 62.9 Å². The molecular formula is C22H28N2O4S. The van der Waals surface area contributed by atoms with Gasteiger partial charge in [-0.25, -0.2) is 8.42 Å². The maximum atomic E-state index is 13.5. The van der Waals surface area contributed by atoms with E-state index in [1.807, 2.05) is 19.9 Å². The number of methoxy groups -OCH3 is 1. The molecule has 1 aliphatic rings. The Hall–Kier alpha value is -2.54. The first-order valence-electron chi connectivity index (χ1n) is 9.85. The van der Waals surface area contributed by atoms with Crippen LogP contribution < -0.4 is 9.04 Å². The molecule has 156 valence electrons. The van der Waals surface area contributed by atoms with Gasteiger partial charge < -0.3 is 9.64 Å². The van der Waals surface area contributed by atoms with E-state index in [0.717, 1.165) is 30.4 Å². The van der Waals surface area contributed by atoms with Gasteiger partial charge >= 0.3 is 0 Å². The lowest BCUT2D eigenvalue weighted by atomic mass is 10.1. The Bertz CT molecular complexity index is 965. The van der Waals surface area contributed by atoms with E-state index in [-0.39, 0.29) is 17.3 Å². The Kier molecular flexibility index (Phi) is 6.47. The molecule has 1 fully saturated rings. The highest BCUT2D eigenvalue weighted by Crippen LogP contribution is 2.33. The summed E-state index contributed by atoms with van der Waals surface area (Å²) in [4.78, 5) is 14.9. The van der Waals surface area contributed by atoms with Crippen LogP contribution in [-0.2, 0) is 14.8 Å². The molecule has 0 radical (unpaired) electrons. The first kappa shape index (κ1) is 21.2.